The third kappa shape index (κ3) is 3.63. The predicted octanol–water partition coefficient (Wildman–Crippen LogP) is 2.73. The quantitative estimate of drug-likeness (QED) is 0.863. The summed E-state index contributed by atoms with van der Waals surface area (Å²) in [6.45, 7) is 7.33. The molecule has 0 radical (unpaired) electrons. The first kappa shape index (κ1) is 16.6. The highest BCUT2D eigenvalue weighted by Gasteiger charge is 2.26. The molecule has 0 aliphatic carbocycles. The van der Waals surface area contributed by atoms with Crippen LogP contribution in [0.1, 0.15) is 53.6 Å². The summed E-state index contributed by atoms with van der Waals surface area (Å²) in [5.41, 5.74) is 3.86. The minimum atomic E-state index is 0.195. The number of nitrogens with zero attached hydrogens (tertiary/aromatic N) is 4. The number of rotatable bonds is 4. The molecule has 0 saturated carbocycles. The van der Waals surface area contributed by atoms with Crippen LogP contribution in [0.25, 0.3) is 0 Å². The maximum atomic E-state index is 12.6. The Kier molecular flexibility index (Phi) is 4.92. The molecular weight excluding hydrogens is 304 g/mol. The van der Waals surface area contributed by atoms with Crippen LogP contribution in [0.5, 0.6) is 0 Å². The van der Waals surface area contributed by atoms with Gasteiger partial charge in [-0.3, -0.25) is 14.8 Å². The summed E-state index contributed by atoms with van der Waals surface area (Å²) in [7, 11) is 0. The van der Waals surface area contributed by atoms with Gasteiger partial charge in [0.2, 0.25) is 5.91 Å². The molecule has 0 N–H and O–H groups in total. The van der Waals surface area contributed by atoms with E-state index in [2.05, 4.69) is 15.1 Å². The van der Waals surface area contributed by atoms with Crippen molar-refractivity contribution in [1.29, 1.82) is 0 Å². The number of carbonyl (C=O) groups is 1. The summed E-state index contributed by atoms with van der Waals surface area (Å²) in [6, 6.07) is 0. The largest absolute Gasteiger partial charge is 0.361 e. The summed E-state index contributed by atoms with van der Waals surface area (Å²) < 4.78 is 5.17. The number of carbonyl (C=O) groups excluding carboxylic acids is 1. The lowest BCUT2D eigenvalue weighted by molar-refractivity contribution is -0.132. The number of likely N-dealkylation sites (tertiary alicyclic amines) is 1. The molecule has 0 bridgehead atoms. The van der Waals surface area contributed by atoms with Gasteiger partial charge in [-0.25, -0.2) is 0 Å². The molecule has 0 spiro atoms. The van der Waals surface area contributed by atoms with Gasteiger partial charge in [0.25, 0.3) is 0 Å². The number of aromatic nitrogens is 3. The summed E-state index contributed by atoms with van der Waals surface area (Å²) in [5.74, 6) is 1.29. The van der Waals surface area contributed by atoms with E-state index in [1.807, 2.05) is 31.9 Å². The lowest BCUT2D eigenvalue weighted by atomic mass is 9.94. The average molecular weight is 328 g/mol. The summed E-state index contributed by atoms with van der Waals surface area (Å²) >= 11 is 0. The molecule has 1 aliphatic heterocycles. The van der Waals surface area contributed by atoms with E-state index >= 15 is 0 Å². The van der Waals surface area contributed by atoms with E-state index in [1.165, 1.54) is 0 Å². The molecular formula is C18H24N4O2. The van der Waals surface area contributed by atoms with Crippen LogP contribution < -0.4 is 0 Å². The van der Waals surface area contributed by atoms with Crippen molar-refractivity contribution in [2.45, 2.75) is 52.4 Å². The zero-order valence-corrected chi connectivity index (χ0v) is 14.6. The van der Waals surface area contributed by atoms with Crippen LogP contribution in [0.15, 0.2) is 16.9 Å². The van der Waals surface area contributed by atoms with Gasteiger partial charge in [0.15, 0.2) is 0 Å². The number of aryl methyl sites for hydroxylation is 3. The van der Waals surface area contributed by atoms with Crippen molar-refractivity contribution in [3.05, 3.63) is 40.8 Å². The summed E-state index contributed by atoms with van der Waals surface area (Å²) in [4.78, 5) is 23.4. The Balaban J connectivity index is 1.61. The average Bonchev–Trinajstić information content (AvgIpc) is 2.91. The monoisotopic (exact) mass is 328 g/mol. The minimum Gasteiger partial charge on any atom is -0.361 e. The van der Waals surface area contributed by atoms with Gasteiger partial charge in [0, 0.05) is 43.4 Å². The van der Waals surface area contributed by atoms with Gasteiger partial charge in [0.05, 0.1) is 17.1 Å². The first-order chi connectivity index (χ1) is 11.5. The topological polar surface area (TPSA) is 72.1 Å². The maximum absolute atomic E-state index is 12.6. The van der Waals surface area contributed by atoms with Crippen LogP contribution in [0.3, 0.4) is 0 Å². The molecule has 1 amide bonds. The van der Waals surface area contributed by atoms with E-state index in [0.29, 0.717) is 12.8 Å². The van der Waals surface area contributed by atoms with Crippen LogP contribution in [0.2, 0.25) is 0 Å². The molecule has 3 heterocycles. The fraction of sp³-hybridized carbons (Fsp3) is 0.556. The predicted molar refractivity (Wildman–Crippen MR) is 89.6 cm³/mol. The molecule has 1 fully saturated rings. The van der Waals surface area contributed by atoms with Crippen LogP contribution in [-0.4, -0.2) is 39.0 Å². The molecule has 6 nitrogen and oxygen atoms in total. The molecule has 3 rings (SSSR count). The highest BCUT2D eigenvalue weighted by atomic mass is 16.5. The fourth-order valence-electron chi connectivity index (χ4n) is 3.37. The Labute approximate surface area is 142 Å². The minimum absolute atomic E-state index is 0.195. The zero-order chi connectivity index (χ0) is 17.1. The van der Waals surface area contributed by atoms with Gasteiger partial charge in [-0.1, -0.05) is 5.16 Å². The Morgan fingerprint density at radius 3 is 2.88 bits per heavy atom. The molecule has 0 unspecified atom stereocenters. The Hall–Kier alpha value is -2.24. The second kappa shape index (κ2) is 7.11. The first-order valence-corrected chi connectivity index (χ1v) is 8.52. The standard InChI is InChI=1S/C18H24N4O2/c1-12-9-19-10-17(20-12)15-5-4-8-22(11-15)18(23)7-6-16-13(2)21-24-14(16)3/h9-10,15H,4-8,11H2,1-3H3/t15-/m0/s1. The fourth-order valence-corrected chi connectivity index (χ4v) is 3.37. The second-order valence-corrected chi connectivity index (χ2v) is 6.57. The van der Waals surface area contributed by atoms with Crippen molar-refractivity contribution in [3.8, 4) is 0 Å². The van der Waals surface area contributed by atoms with Gasteiger partial charge in [-0.15, -0.1) is 0 Å². The smallest absolute Gasteiger partial charge is 0.222 e. The normalized spacial score (nSPS) is 18.0. The molecule has 1 atom stereocenters. The molecule has 1 aliphatic rings. The highest BCUT2D eigenvalue weighted by molar-refractivity contribution is 5.76. The zero-order valence-electron chi connectivity index (χ0n) is 14.6. The van der Waals surface area contributed by atoms with Gasteiger partial charge < -0.3 is 9.42 Å². The molecule has 128 valence electrons. The van der Waals surface area contributed by atoms with Crippen molar-refractivity contribution in [2.75, 3.05) is 13.1 Å². The van der Waals surface area contributed by atoms with E-state index in [0.717, 1.165) is 54.3 Å². The van der Waals surface area contributed by atoms with E-state index < -0.39 is 0 Å². The third-order valence-electron chi connectivity index (χ3n) is 4.74. The molecule has 2 aromatic heterocycles. The van der Waals surface area contributed by atoms with Crippen LogP contribution in [-0.2, 0) is 11.2 Å². The van der Waals surface area contributed by atoms with E-state index in [1.54, 1.807) is 6.20 Å². The Morgan fingerprint density at radius 1 is 1.33 bits per heavy atom. The van der Waals surface area contributed by atoms with Crippen molar-refractivity contribution in [3.63, 3.8) is 0 Å². The summed E-state index contributed by atoms with van der Waals surface area (Å²) in [6.07, 6.45) is 6.85. The second-order valence-electron chi connectivity index (χ2n) is 6.57. The van der Waals surface area contributed by atoms with Crippen LogP contribution in [0.4, 0.5) is 0 Å². The Bertz CT molecular complexity index is 706. The molecule has 0 aromatic carbocycles. The third-order valence-corrected chi connectivity index (χ3v) is 4.74. The van der Waals surface area contributed by atoms with Crippen molar-refractivity contribution in [1.82, 2.24) is 20.0 Å². The number of hydrogen-bond donors (Lipinski definition) is 0. The number of hydrogen-bond acceptors (Lipinski definition) is 5. The molecule has 2 aromatic rings. The van der Waals surface area contributed by atoms with Gasteiger partial charge in [-0.2, -0.15) is 0 Å². The van der Waals surface area contributed by atoms with Crippen molar-refractivity contribution in [2.24, 2.45) is 0 Å². The number of amides is 1. The van der Waals surface area contributed by atoms with Crippen molar-refractivity contribution < 1.29 is 9.32 Å². The van der Waals surface area contributed by atoms with Crippen LogP contribution >= 0.6 is 0 Å². The first-order valence-electron chi connectivity index (χ1n) is 8.52. The lowest BCUT2D eigenvalue weighted by Gasteiger charge is -2.32. The highest BCUT2D eigenvalue weighted by Crippen LogP contribution is 2.26. The van der Waals surface area contributed by atoms with Gasteiger partial charge >= 0.3 is 0 Å². The van der Waals surface area contributed by atoms with Crippen molar-refractivity contribution >= 4 is 5.91 Å². The van der Waals surface area contributed by atoms with E-state index in [-0.39, 0.29) is 11.8 Å². The molecule has 1 saturated heterocycles. The van der Waals surface area contributed by atoms with Gasteiger partial charge in [-0.05, 0) is 40.0 Å². The molecule has 6 heteroatoms. The lowest BCUT2D eigenvalue weighted by Crippen LogP contribution is -2.39. The maximum Gasteiger partial charge on any atom is 0.222 e. The summed E-state index contributed by atoms with van der Waals surface area (Å²) in [5, 5.41) is 3.95. The number of piperidine rings is 1. The van der Waals surface area contributed by atoms with E-state index in [9.17, 15) is 4.79 Å². The SMILES string of the molecule is Cc1cncc([C@H]2CCCN(C(=O)CCc3c(C)noc3C)C2)n1. The van der Waals surface area contributed by atoms with E-state index in [4.69, 9.17) is 4.52 Å². The molecule has 24 heavy (non-hydrogen) atoms. The van der Waals surface area contributed by atoms with Gasteiger partial charge in [0.1, 0.15) is 5.76 Å². The Morgan fingerprint density at radius 2 is 2.17 bits per heavy atom. The van der Waals surface area contributed by atoms with Crippen LogP contribution in [0, 0.1) is 20.8 Å².